The Morgan fingerprint density at radius 3 is 1.82 bits per heavy atom. The lowest BCUT2D eigenvalue weighted by atomic mass is 10.1. The number of hydrogen-bond donors (Lipinski definition) is 4. The fraction of sp³-hybridized carbons (Fsp3) is 0.269. The van der Waals surface area contributed by atoms with Crippen LogP contribution >= 0.6 is 27.3 Å². The highest BCUT2D eigenvalue weighted by Gasteiger charge is 2.38. The number of alkyl halides is 3. The molecule has 3 aromatic rings. The van der Waals surface area contributed by atoms with Crippen molar-refractivity contribution in [1.82, 2.24) is 5.32 Å². The number of carbonyl (C=O) groups is 3. The fourth-order valence-corrected chi connectivity index (χ4v) is 3.89. The van der Waals surface area contributed by atoms with Crippen LogP contribution in [0.1, 0.15) is 45.9 Å². The Balaban J connectivity index is 0.000000351. The third kappa shape index (κ3) is 12.8. The van der Waals surface area contributed by atoms with Crippen LogP contribution in [-0.2, 0) is 11.3 Å². The number of amides is 2. The average molecular weight is 617 g/mol. The van der Waals surface area contributed by atoms with Crippen molar-refractivity contribution in [2.24, 2.45) is 17.4 Å². The number of hydrogen-bond acceptors (Lipinski definition) is 5. The molecule has 0 fully saturated rings. The van der Waals surface area contributed by atoms with Gasteiger partial charge in [0.15, 0.2) is 0 Å². The predicted octanol–water partition coefficient (Wildman–Crippen LogP) is 5.83. The normalized spacial score (nSPS) is 10.6. The number of rotatable bonds is 8. The molecule has 1 heterocycles. The molecule has 0 radical (unpaired) electrons. The van der Waals surface area contributed by atoms with Crippen molar-refractivity contribution in [1.29, 1.82) is 0 Å². The van der Waals surface area contributed by atoms with Crippen molar-refractivity contribution in [2.45, 2.75) is 33.0 Å². The van der Waals surface area contributed by atoms with Crippen LogP contribution in [0.4, 0.5) is 13.2 Å². The summed E-state index contributed by atoms with van der Waals surface area (Å²) in [6, 6.07) is 18.6. The van der Waals surface area contributed by atoms with E-state index in [2.05, 4.69) is 47.2 Å². The van der Waals surface area contributed by atoms with Gasteiger partial charge in [-0.3, -0.25) is 9.59 Å². The molecule has 0 aliphatic carbocycles. The monoisotopic (exact) mass is 615 g/mol. The number of nitrogens with one attached hydrogen (secondary N) is 1. The maximum absolute atomic E-state index is 11.1. The molecule has 6 N–H and O–H groups in total. The summed E-state index contributed by atoms with van der Waals surface area (Å²) in [7, 11) is 0. The third-order valence-electron chi connectivity index (χ3n) is 4.68. The number of carboxylic acid groups (broad SMARTS) is 1. The molecule has 206 valence electrons. The summed E-state index contributed by atoms with van der Waals surface area (Å²) in [4.78, 5) is 33.0. The summed E-state index contributed by atoms with van der Waals surface area (Å²) in [6.07, 6.45) is -3.88. The highest BCUT2D eigenvalue weighted by atomic mass is 79.9. The predicted molar refractivity (Wildman–Crippen MR) is 146 cm³/mol. The number of nitrogens with two attached hydrogens (primary N) is 2. The van der Waals surface area contributed by atoms with Crippen LogP contribution in [-0.4, -0.2) is 35.6 Å². The molecule has 3 rings (SSSR count). The van der Waals surface area contributed by atoms with Gasteiger partial charge in [-0.2, -0.15) is 13.2 Å². The molecular formula is C26H29BrF3N3O4S. The van der Waals surface area contributed by atoms with Gasteiger partial charge >= 0.3 is 12.1 Å². The maximum atomic E-state index is 11.1. The molecule has 12 heteroatoms. The second-order valence-electron chi connectivity index (χ2n) is 8.24. The molecule has 0 aliphatic rings. The van der Waals surface area contributed by atoms with E-state index < -0.39 is 18.1 Å². The van der Waals surface area contributed by atoms with E-state index in [-0.39, 0.29) is 5.91 Å². The maximum Gasteiger partial charge on any atom is 0.490 e. The average Bonchev–Trinajstić information content (AvgIpc) is 3.31. The summed E-state index contributed by atoms with van der Waals surface area (Å²) in [5.41, 5.74) is 12.5. The lowest BCUT2D eigenvalue weighted by Crippen LogP contribution is -2.21. The van der Waals surface area contributed by atoms with Gasteiger partial charge in [-0.25, -0.2) is 4.79 Å². The van der Waals surface area contributed by atoms with E-state index in [4.69, 9.17) is 21.4 Å². The molecule has 0 unspecified atom stereocenters. The molecule has 0 bridgehead atoms. The van der Waals surface area contributed by atoms with Crippen molar-refractivity contribution < 1.29 is 32.7 Å². The SMILES string of the molecule is CC(C)CCNCc1ccc(-c2ccc(C(N)=O)cc2)s1.NC(=O)c1ccc(Br)cc1.O=C(O)C(F)(F)F. The van der Waals surface area contributed by atoms with Gasteiger partial charge in [-0.15, -0.1) is 11.3 Å². The number of halogens is 4. The summed E-state index contributed by atoms with van der Waals surface area (Å²) in [5.74, 6) is -2.80. The summed E-state index contributed by atoms with van der Waals surface area (Å²) in [5, 5.41) is 10.6. The topological polar surface area (TPSA) is 136 Å². The molecule has 0 atom stereocenters. The molecule has 0 saturated carbocycles. The Kier molecular flexibility index (Phi) is 13.7. The number of aliphatic carboxylic acids is 1. The van der Waals surface area contributed by atoms with Crippen LogP contribution in [0.2, 0.25) is 0 Å². The van der Waals surface area contributed by atoms with Crippen molar-refractivity contribution in [3.63, 3.8) is 0 Å². The molecule has 1 aromatic heterocycles. The van der Waals surface area contributed by atoms with E-state index in [0.29, 0.717) is 11.1 Å². The summed E-state index contributed by atoms with van der Waals surface area (Å²) >= 11 is 5.02. The Hall–Kier alpha value is -3.22. The van der Waals surface area contributed by atoms with Crippen LogP contribution in [0.5, 0.6) is 0 Å². The van der Waals surface area contributed by atoms with E-state index in [1.807, 2.05) is 12.1 Å². The minimum Gasteiger partial charge on any atom is -0.475 e. The third-order valence-corrected chi connectivity index (χ3v) is 6.35. The van der Waals surface area contributed by atoms with Crippen LogP contribution in [0.25, 0.3) is 10.4 Å². The molecule has 0 spiro atoms. The van der Waals surface area contributed by atoms with E-state index >= 15 is 0 Å². The Bertz CT molecular complexity index is 1180. The van der Waals surface area contributed by atoms with Gasteiger partial charge < -0.3 is 21.9 Å². The van der Waals surface area contributed by atoms with Crippen LogP contribution in [0.15, 0.2) is 65.1 Å². The van der Waals surface area contributed by atoms with Gasteiger partial charge in [0.25, 0.3) is 0 Å². The van der Waals surface area contributed by atoms with Crippen LogP contribution < -0.4 is 16.8 Å². The molecule has 0 aliphatic heterocycles. The highest BCUT2D eigenvalue weighted by Crippen LogP contribution is 2.28. The van der Waals surface area contributed by atoms with E-state index in [9.17, 15) is 22.8 Å². The molecule has 0 saturated heterocycles. The first-order valence-electron chi connectivity index (χ1n) is 11.3. The molecule has 2 aromatic carbocycles. The molecular weight excluding hydrogens is 587 g/mol. The summed E-state index contributed by atoms with van der Waals surface area (Å²) < 4.78 is 32.7. The molecule has 2 amide bonds. The minimum absolute atomic E-state index is 0.386. The first-order valence-corrected chi connectivity index (χ1v) is 12.9. The van der Waals surface area contributed by atoms with E-state index in [1.54, 1.807) is 47.7 Å². The second-order valence-corrected chi connectivity index (χ2v) is 10.3. The van der Waals surface area contributed by atoms with Gasteiger partial charge in [-0.05, 0) is 73.0 Å². The smallest absolute Gasteiger partial charge is 0.475 e. The van der Waals surface area contributed by atoms with Gasteiger partial charge in [0.1, 0.15) is 0 Å². The first-order chi connectivity index (χ1) is 17.7. The zero-order chi connectivity index (χ0) is 28.9. The number of benzene rings is 2. The zero-order valence-electron chi connectivity index (χ0n) is 20.7. The lowest BCUT2D eigenvalue weighted by Gasteiger charge is -2.05. The van der Waals surface area contributed by atoms with Crippen molar-refractivity contribution in [3.8, 4) is 10.4 Å². The van der Waals surface area contributed by atoms with Gasteiger partial charge in [0.2, 0.25) is 11.8 Å². The second kappa shape index (κ2) is 15.9. The van der Waals surface area contributed by atoms with Gasteiger partial charge in [0, 0.05) is 31.9 Å². The Labute approximate surface area is 231 Å². The van der Waals surface area contributed by atoms with Gasteiger partial charge in [-0.1, -0.05) is 41.9 Å². The number of primary amides is 2. The van der Waals surface area contributed by atoms with Crippen molar-refractivity contribution in [2.75, 3.05) is 6.54 Å². The van der Waals surface area contributed by atoms with Crippen LogP contribution in [0, 0.1) is 5.92 Å². The number of thiophene rings is 1. The van der Waals surface area contributed by atoms with Crippen molar-refractivity contribution >= 4 is 45.1 Å². The van der Waals surface area contributed by atoms with Crippen LogP contribution in [0.3, 0.4) is 0 Å². The fourth-order valence-electron chi connectivity index (χ4n) is 2.64. The first kappa shape index (κ1) is 32.8. The Morgan fingerprint density at radius 1 is 0.921 bits per heavy atom. The quantitative estimate of drug-likeness (QED) is 0.236. The standard InChI is InChI=1S/C17H22N2OS.C7H6BrNO.C2HF3O2/c1-12(2)9-10-19-11-15-7-8-16(21-15)13-3-5-14(6-4-13)17(18)20;8-6-3-1-5(2-4-6)7(9)10;3-2(4,5)1(6)7/h3-8,12,19H,9-11H2,1-2H3,(H2,18,20);1-4H,(H2,9,10);(H,6,7). The highest BCUT2D eigenvalue weighted by molar-refractivity contribution is 9.10. The largest absolute Gasteiger partial charge is 0.490 e. The van der Waals surface area contributed by atoms with Crippen molar-refractivity contribution in [3.05, 3.63) is 81.1 Å². The molecule has 7 nitrogen and oxygen atoms in total. The zero-order valence-corrected chi connectivity index (χ0v) is 23.1. The number of carboxylic acids is 1. The van der Waals surface area contributed by atoms with E-state index in [0.717, 1.165) is 29.0 Å². The number of carbonyl (C=O) groups excluding carboxylic acids is 2. The molecule has 38 heavy (non-hydrogen) atoms. The van der Waals surface area contributed by atoms with Gasteiger partial charge in [0.05, 0.1) is 0 Å². The lowest BCUT2D eigenvalue weighted by molar-refractivity contribution is -0.192. The Morgan fingerprint density at radius 2 is 1.39 bits per heavy atom. The minimum atomic E-state index is -5.08. The van der Waals surface area contributed by atoms with E-state index in [1.165, 1.54) is 16.2 Å². The summed E-state index contributed by atoms with van der Waals surface area (Å²) in [6.45, 7) is 6.44.